The maximum absolute atomic E-state index is 5.80. The molecule has 0 spiro atoms. The molecule has 0 aliphatic carbocycles. The van der Waals surface area contributed by atoms with Crippen molar-refractivity contribution in [2.24, 2.45) is 11.5 Å². The van der Waals surface area contributed by atoms with E-state index >= 15 is 0 Å². The number of ether oxygens (including phenoxy) is 1. The smallest absolute Gasteiger partial charge is 0.0708 e. The maximum Gasteiger partial charge on any atom is 0.0708 e. The van der Waals surface area contributed by atoms with Crippen LogP contribution in [0.25, 0.3) is 0 Å². The molecule has 0 aliphatic rings. The first kappa shape index (κ1) is 10.9. The summed E-state index contributed by atoms with van der Waals surface area (Å²) in [6.07, 6.45) is 3.19. The minimum Gasteiger partial charge on any atom is -0.380 e. The van der Waals surface area contributed by atoms with E-state index in [2.05, 4.69) is 6.92 Å². The highest BCUT2D eigenvalue weighted by atomic mass is 16.5. The maximum atomic E-state index is 5.80. The molecule has 0 saturated carbocycles. The van der Waals surface area contributed by atoms with E-state index < -0.39 is 0 Å². The molecule has 0 rings (SSSR count). The van der Waals surface area contributed by atoms with Crippen molar-refractivity contribution >= 4 is 0 Å². The first-order valence-corrected chi connectivity index (χ1v) is 4.23. The summed E-state index contributed by atoms with van der Waals surface area (Å²) in [6.45, 7) is 2.69. The van der Waals surface area contributed by atoms with E-state index in [0.29, 0.717) is 6.54 Å². The summed E-state index contributed by atoms with van der Waals surface area (Å²) in [4.78, 5) is 0. The molecule has 0 fully saturated rings. The predicted octanol–water partition coefficient (Wildman–Crippen LogP) is 0.478. The first-order valence-electron chi connectivity index (χ1n) is 4.23. The van der Waals surface area contributed by atoms with Crippen LogP contribution in [0.1, 0.15) is 26.2 Å². The van der Waals surface area contributed by atoms with Gasteiger partial charge in [-0.1, -0.05) is 13.3 Å². The summed E-state index contributed by atoms with van der Waals surface area (Å²) >= 11 is 0. The molecule has 2 unspecified atom stereocenters. The molecule has 0 bridgehead atoms. The Hall–Kier alpha value is -0.120. The summed E-state index contributed by atoms with van der Waals surface area (Å²) in [5, 5.41) is 0. The molecule has 0 radical (unpaired) electrons. The molecule has 0 aromatic carbocycles. The minimum absolute atomic E-state index is 0.136. The molecule has 0 aliphatic heterocycles. The van der Waals surface area contributed by atoms with Crippen molar-refractivity contribution in [3.63, 3.8) is 0 Å². The van der Waals surface area contributed by atoms with E-state index in [0.717, 1.165) is 19.3 Å². The molecule has 0 amide bonds. The van der Waals surface area contributed by atoms with Gasteiger partial charge in [-0.05, 0) is 12.8 Å². The summed E-state index contributed by atoms with van der Waals surface area (Å²) in [7, 11) is 1.68. The van der Waals surface area contributed by atoms with Crippen LogP contribution in [-0.2, 0) is 4.74 Å². The van der Waals surface area contributed by atoms with Crippen LogP contribution in [0.2, 0.25) is 0 Å². The number of hydrogen-bond acceptors (Lipinski definition) is 3. The van der Waals surface area contributed by atoms with Crippen molar-refractivity contribution in [3.05, 3.63) is 0 Å². The van der Waals surface area contributed by atoms with Gasteiger partial charge in [0.2, 0.25) is 0 Å². The van der Waals surface area contributed by atoms with Crippen molar-refractivity contribution in [2.45, 2.75) is 38.3 Å². The third kappa shape index (κ3) is 5.18. The van der Waals surface area contributed by atoms with E-state index in [-0.39, 0.29) is 12.1 Å². The molecule has 0 aromatic rings. The molecular formula is C8H20N2O. The van der Waals surface area contributed by atoms with Crippen LogP contribution >= 0.6 is 0 Å². The zero-order chi connectivity index (χ0) is 8.69. The van der Waals surface area contributed by atoms with E-state index in [9.17, 15) is 0 Å². The molecular weight excluding hydrogens is 140 g/mol. The Morgan fingerprint density at radius 3 is 2.45 bits per heavy atom. The Balaban J connectivity index is 3.44. The summed E-state index contributed by atoms with van der Waals surface area (Å²) in [6, 6.07) is 0.244. The zero-order valence-electron chi connectivity index (χ0n) is 7.55. The summed E-state index contributed by atoms with van der Waals surface area (Å²) < 4.78 is 5.11. The fraction of sp³-hybridized carbons (Fsp3) is 1.00. The normalized spacial score (nSPS) is 16.4. The standard InChI is InChI=1S/C8H20N2O/c1-3-4-7(10)5-8(6-9)11-2/h7-8H,3-6,9-10H2,1-2H3. The van der Waals surface area contributed by atoms with Crippen molar-refractivity contribution in [1.82, 2.24) is 0 Å². The number of rotatable bonds is 6. The van der Waals surface area contributed by atoms with Gasteiger partial charge in [0.05, 0.1) is 6.10 Å². The monoisotopic (exact) mass is 160 g/mol. The van der Waals surface area contributed by atoms with Gasteiger partial charge < -0.3 is 16.2 Å². The summed E-state index contributed by atoms with van der Waals surface area (Å²) in [5.41, 5.74) is 11.2. The number of methoxy groups -OCH3 is 1. The van der Waals surface area contributed by atoms with Crippen LogP contribution < -0.4 is 11.5 Å². The second-order valence-corrected chi connectivity index (χ2v) is 2.88. The van der Waals surface area contributed by atoms with Crippen LogP contribution in [-0.4, -0.2) is 25.8 Å². The van der Waals surface area contributed by atoms with Crippen molar-refractivity contribution < 1.29 is 4.74 Å². The van der Waals surface area contributed by atoms with Crippen LogP contribution in [0.5, 0.6) is 0 Å². The first-order chi connectivity index (χ1) is 5.24. The summed E-state index contributed by atoms with van der Waals surface area (Å²) in [5.74, 6) is 0. The quantitative estimate of drug-likeness (QED) is 0.594. The topological polar surface area (TPSA) is 61.3 Å². The zero-order valence-corrected chi connectivity index (χ0v) is 7.55. The van der Waals surface area contributed by atoms with Gasteiger partial charge in [0.25, 0.3) is 0 Å². The van der Waals surface area contributed by atoms with E-state index in [1.165, 1.54) is 0 Å². The van der Waals surface area contributed by atoms with Gasteiger partial charge in [0.1, 0.15) is 0 Å². The lowest BCUT2D eigenvalue weighted by Crippen LogP contribution is -2.31. The van der Waals surface area contributed by atoms with Gasteiger partial charge in [-0.2, -0.15) is 0 Å². The Kier molecular flexibility index (Phi) is 6.51. The van der Waals surface area contributed by atoms with Gasteiger partial charge in [0, 0.05) is 19.7 Å². The lowest BCUT2D eigenvalue weighted by Gasteiger charge is -2.17. The largest absolute Gasteiger partial charge is 0.380 e. The molecule has 0 saturated heterocycles. The highest BCUT2D eigenvalue weighted by Crippen LogP contribution is 2.03. The van der Waals surface area contributed by atoms with Crippen molar-refractivity contribution in [1.29, 1.82) is 0 Å². The second kappa shape index (κ2) is 6.58. The molecule has 68 valence electrons. The van der Waals surface area contributed by atoms with E-state index in [1.54, 1.807) is 7.11 Å². The third-order valence-electron chi connectivity index (χ3n) is 1.82. The Morgan fingerprint density at radius 1 is 1.45 bits per heavy atom. The molecule has 3 heteroatoms. The Labute approximate surface area is 69.1 Å². The molecule has 4 N–H and O–H groups in total. The van der Waals surface area contributed by atoms with Crippen LogP contribution in [0, 0.1) is 0 Å². The second-order valence-electron chi connectivity index (χ2n) is 2.88. The highest BCUT2D eigenvalue weighted by molar-refractivity contribution is 4.68. The molecule has 0 heterocycles. The highest BCUT2D eigenvalue weighted by Gasteiger charge is 2.09. The van der Waals surface area contributed by atoms with Gasteiger partial charge in [-0.3, -0.25) is 0 Å². The third-order valence-corrected chi connectivity index (χ3v) is 1.82. The number of nitrogens with two attached hydrogens (primary N) is 2. The van der Waals surface area contributed by atoms with Crippen LogP contribution in [0.4, 0.5) is 0 Å². The fourth-order valence-corrected chi connectivity index (χ4v) is 1.11. The van der Waals surface area contributed by atoms with Crippen LogP contribution in [0.15, 0.2) is 0 Å². The molecule has 2 atom stereocenters. The average Bonchev–Trinajstić information content (AvgIpc) is 2.01. The predicted molar refractivity (Wildman–Crippen MR) is 47.4 cm³/mol. The fourth-order valence-electron chi connectivity index (χ4n) is 1.11. The lowest BCUT2D eigenvalue weighted by molar-refractivity contribution is 0.0951. The lowest BCUT2D eigenvalue weighted by atomic mass is 10.1. The van der Waals surface area contributed by atoms with Gasteiger partial charge in [-0.15, -0.1) is 0 Å². The van der Waals surface area contributed by atoms with E-state index in [4.69, 9.17) is 16.2 Å². The Bertz CT molecular complexity index is 84.2. The number of hydrogen-bond donors (Lipinski definition) is 2. The van der Waals surface area contributed by atoms with Crippen LogP contribution in [0.3, 0.4) is 0 Å². The minimum atomic E-state index is 0.136. The molecule has 3 nitrogen and oxygen atoms in total. The van der Waals surface area contributed by atoms with E-state index in [1.807, 2.05) is 0 Å². The SMILES string of the molecule is CCCC(N)CC(CN)OC. The molecule has 11 heavy (non-hydrogen) atoms. The van der Waals surface area contributed by atoms with Gasteiger partial charge >= 0.3 is 0 Å². The average molecular weight is 160 g/mol. The van der Waals surface area contributed by atoms with Crippen molar-refractivity contribution in [3.8, 4) is 0 Å². The van der Waals surface area contributed by atoms with Crippen molar-refractivity contribution in [2.75, 3.05) is 13.7 Å². The van der Waals surface area contributed by atoms with Gasteiger partial charge in [-0.25, -0.2) is 0 Å². The Morgan fingerprint density at radius 2 is 2.09 bits per heavy atom. The molecule has 0 aromatic heterocycles. The van der Waals surface area contributed by atoms with Gasteiger partial charge in [0.15, 0.2) is 0 Å².